The van der Waals surface area contributed by atoms with Gasteiger partial charge in [-0.3, -0.25) is 0 Å². The summed E-state index contributed by atoms with van der Waals surface area (Å²) in [5, 5.41) is 0. The van der Waals surface area contributed by atoms with Gasteiger partial charge < -0.3 is 4.48 Å². The van der Waals surface area contributed by atoms with Crippen LogP contribution in [0.2, 0.25) is 0 Å². The molecule has 0 saturated carbocycles. The summed E-state index contributed by atoms with van der Waals surface area (Å²) < 4.78 is 1.09. The highest BCUT2D eigenvalue weighted by molar-refractivity contribution is 5.17. The van der Waals surface area contributed by atoms with Crippen LogP contribution in [0.15, 0.2) is 104 Å². The Bertz CT molecular complexity index is 893. The van der Waals surface area contributed by atoms with E-state index < -0.39 is 0 Å². The van der Waals surface area contributed by atoms with Crippen LogP contribution < -0.4 is 0 Å². The smallest absolute Gasteiger partial charge is 0.105 e. The molecule has 0 N–H and O–H groups in total. The van der Waals surface area contributed by atoms with E-state index in [2.05, 4.69) is 104 Å². The van der Waals surface area contributed by atoms with Gasteiger partial charge in [0, 0.05) is 16.7 Å². The van der Waals surface area contributed by atoms with Gasteiger partial charge in [0.05, 0.1) is 6.54 Å². The molecule has 40 heavy (non-hydrogen) atoms. The maximum absolute atomic E-state index is 3.81. The summed E-state index contributed by atoms with van der Waals surface area (Å²) in [5.41, 5.74) is 4.34. The van der Waals surface area contributed by atoms with Gasteiger partial charge in [0.25, 0.3) is 0 Å². The number of benzene rings is 3. The molecular formula is C39H56N+. The molecule has 0 aliphatic heterocycles. The van der Waals surface area contributed by atoms with Crippen molar-refractivity contribution in [2.75, 3.05) is 6.54 Å². The summed E-state index contributed by atoms with van der Waals surface area (Å²) in [6.07, 6.45) is 22.8. The lowest BCUT2D eigenvalue weighted by Gasteiger charge is -2.39. The van der Waals surface area contributed by atoms with Crippen molar-refractivity contribution in [3.8, 4) is 0 Å². The Hall–Kier alpha value is -2.64. The number of nitrogens with zero attached hydrogens (tertiary/aromatic N) is 1. The van der Waals surface area contributed by atoms with Crippen molar-refractivity contribution in [1.82, 2.24) is 0 Å². The van der Waals surface area contributed by atoms with Gasteiger partial charge in [-0.1, -0.05) is 168 Å². The van der Waals surface area contributed by atoms with Gasteiger partial charge >= 0.3 is 0 Å². The monoisotopic (exact) mass is 538 g/mol. The van der Waals surface area contributed by atoms with E-state index in [1.165, 1.54) is 120 Å². The first kappa shape index (κ1) is 31.9. The van der Waals surface area contributed by atoms with E-state index in [0.29, 0.717) is 0 Å². The van der Waals surface area contributed by atoms with E-state index in [1.54, 1.807) is 0 Å². The fraction of sp³-hybridized carbons (Fsp3) is 0.487. The van der Waals surface area contributed by atoms with Crippen molar-refractivity contribution in [1.29, 1.82) is 0 Å². The lowest BCUT2D eigenvalue weighted by atomic mass is 10.0. The average Bonchev–Trinajstić information content (AvgIpc) is 2.98. The predicted octanol–water partition coefficient (Wildman–Crippen LogP) is 11.4. The average molecular weight is 539 g/mol. The van der Waals surface area contributed by atoms with Crippen LogP contribution in [-0.2, 0) is 19.6 Å². The van der Waals surface area contributed by atoms with Gasteiger partial charge in [0.15, 0.2) is 0 Å². The largest absolute Gasteiger partial charge is 0.312 e. The SMILES string of the molecule is C=CCCCCCCCCCCCCCCCC[N+](Cc1ccccc1)(Cc1ccccc1)Cc1ccccc1. The Morgan fingerprint density at radius 2 is 0.700 bits per heavy atom. The topological polar surface area (TPSA) is 0 Å². The van der Waals surface area contributed by atoms with Gasteiger partial charge in [0.2, 0.25) is 0 Å². The molecule has 0 fully saturated rings. The molecule has 0 radical (unpaired) electrons. The Labute approximate surface area is 246 Å². The van der Waals surface area contributed by atoms with Gasteiger partial charge in [-0.2, -0.15) is 0 Å². The predicted molar refractivity (Wildman–Crippen MR) is 175 cm³/mol. The van der Waals surface area contributed by atoms with E-state index in [-0.39, 0.29) is 0 Å². The van der Waals surface area contributed by atoms with Crippen molar-refractivity contribution >= 4 is 0 Å². The molecule has 0 unspecified atom stereocenters. The van der Waals surface area contributed by atoms with Crippen LogP contribution in [-0.4, -0.2) is 11.0 Å². The lowest BCUT2D eigenvalue weighted by Crippen LogP contribution is -2.46. The fourth-order valence-corrected chi connectivity index (χ4v) is 6.17. The second-order valence-electron chi connectivity index (χ2n) is 12.0. The Morgan fingerprint density at radius 1 is 0.400 bits per heavy atom. The van der Waals surface area contributed by atoms with Crippen molar-refractivity contribution in [3.63, 3.8) is 0 Å². The van der Waals surface area contributed by atoms with Crippen LogP contribution in [0.3, 0.4) is 0 Å². The summed E-state index contributed by atoms with van der Waals surface area (Å²) in [4.78, 5) is 0. The van der Waals surface area contributed by atoms with Crippen LogP contribution >= 0.6 is 0 Å². The number of hydrogen-bond donors (Lipinski definition) is 0. The van der Waals surface area contributed by atoms with Crippen LogP contribution in [0.5, 0.6) is 0 Å². The molecule has 1 heteroatoms. The van der Waals surface area contributed by atoms with E-state index in [0.717, 1.165) is 24.1 Å². The van der Waals surface area contributed by atoms with Crippen molar-refractivity contribution in [3.05, 3.63) is 120 Å². The molecule has 0 heterocycles. The molecule has 0 saturated heterocycles. The van der Waals surface area contributed by atoms with Gasteiger partial charge in [-0.25, -0.2) is 0 Å². The molecule has 1 nitrogen and oxygen atoms in total. The number of hydrogen-bond acceptors (Lipinski definition) is 0. The van der Waals surface area contributed by atoms with Crippen molar-refractivity contribution in [2.24, 2.45) is 0 Å². The molecule has 0 aromatic heterocycles. The van der Waals surface area contributed by atoms with Gasteiger partial charge in [-0.15, -0.1) is 6.58 Å². The third-order valence-corrected chi connectivity index (χ3v) is 8.37. The van der Waals surface area contributed by atoms with E-state index in [1.807, 2.05) is 0 Å². The van der Waals surface area contributed by atoms with Gasteiger partial charge in [0.1, 0.15) is 19.6 Å². The molecule has 0 amide bonds. The van der Waals surface area contributed by atoms with Gasteiger partial charge in [-0.05, 0) is 25.7 Å². The highest BCUT2D eigenvalue weighted by atomic mass is 15.3. The van der Waals surface area contributed by atoms with Crippen molar-refractivity contribution < 1.29 is 4.48 Å². The molecule has 3 rings (SSSR count). The van der Waals surface area contributed by atoms with E-state index in [9.17, 15) is 0 Å². The fourth-order valence-electron chi connectivity index (χ4n) is 6.17. The summed E-state index contributed by atoms with van der Waals surface area (Å²) >= 11 is 0. The molecule has 0 spiro atoms. The van der Waals surface area contributed by atoms with Crippen LogP contribution in [0.25, 0.3) is 0 Å². The van der Waals surface area contributed by atoms with E-state index >= 15 is 0 Å². The summed E-state index contributed by atoms with van der Waals surface area (Å²) in [6, 6.07) is 33.5. The highest BCUT2D eigenvalue weighted by Crippen LogP contribution is 2.26. The zero-order chi connectivity index (χ0) is 28.0. The minimum Gasteiger partial charge on any atom is -0.312 e. The molecule has 0 atom stereocenters. The second kappa shape index (κ2) is 20.3. The van der Waals surface area contributed by atoms with E-state index in [4.69, 9.17) is 0 Å². The quantitative estimate of drug-likeness (QED) is 0.0639. The molecule has 216 valence electrons. The van der Waals surface area contributed by atoms with Crippen LogP contribution in [0.1, 0.15) is 113 Å². The Morgan fingerprint density at radius 3 is 1.02 bits per heavy atom. The normalized spacial score (nSPS) is 11.5. The Kier molecular flexibility index (Phi) is 16.2. The molecule has 3 aromatic rings. The number of unbranched alkanes of at least 4 members (excludes halogenated alkanes) is 14. The maximum Gasteiger partial charge on any atom is 0.105 e. The number of allylic oxidation sites excluding steroid dienone is 1. The first-order valence-electron chi connectivity index (χ1n) is 16.4. The molecule has 0 aliphatic rings. The number of rotatable bonds is 23. The molecular weight excluding hydrogens is 482 g/mol. The highest BCUT2D eigenvalue weighted by Gasteiger charge is 2.28. The van der Waals surface area contributed by atoms with Crippen molar-refractivity contribution in [2.45, 2.75) is 116 Å². The third-order valence-electron chi connectivity index (χ3n) is 8.37. The van der Waals surface area contributed by atoms with Crippen LogP contribution in [0.4, 0.5) is 0 Å². The minimum atomic E-state index is 1.08. The zero-order valence-corrected chi connectivity index (χ0v) is 25.3. The maximum atomic E-state index is 3.81. The Balaban J connectivity index is 1.42. The molecule has 0 bridgehead atoms. The first-order valence-corrected chi connectivity index (χ1v) is 16.4. The first-order chi connectivity index (χ1) is 19.8. The minimum absolute atomic E-state index is 1.08. The molecule has 3 aromatic carbocycles. The summed E-state index contributed by atoms with van der Waals surface area (Å²) in [6.45, 7) is 8.29. The second-order valence-corrected chi connectivity index (χ2v) is 12.0. The zero-order valence-electron chi connectivity index (χ0n) is 25.3. The standard InChI is InChI=1S/C39H56N/c1-2-3-4-5-6-7-8-9-10-11-12-13-14-15-16-26-33-40(34-37-27-20-17-21-28-37,35-38-29-22-18-23-30-38)36-39-31-24-19-25-32-39/h2,17-25,27-32H,1,3-16,26,33-36H2/q+1. The lowest BCUT2D eigenvalue weighted by molar-refractivity contribution is -0.966. The summed E-state index contributed by atoms with van der Waals surface area (Å²) in [5.74, 6) is 0. The summed E-state index contributed by atoms with van der Waals surface area (Å²) in [7, 11) is 0. The number of quaternary nitrogens is 1. The van der Waals surface area contributed by atoms with Crippen LogP contribution in [0, 0.1) is 0 Å². The molecule has 0 aliphatic carbocycles. The third kappa shape index (κ3) is 13.6.